The summed E-state index contributed by atoms with van der Waals surface area (Å²) in [7, 11) is 1.83. The Morgan fingerprint density at radius 1 is 1.40 bits per heavy atom. The average molecular weight is 289 g/mol. The number of hydrogen-bond donors (Lipinski definition) is 1. The molecule has 2 rings (SSSR count). The SMILES string of the molecule is CCN(Cc1cc(-c2cccc(C)c2)on1)C(=S)NC. The molecule has 1 heterocycles. The fraction of sp³-hybridized carbons (Fsp3) is 0.333. The molecule has 106 valence electrons. The Balaban J connectivity index is 2.15. The molecule has 4 nitrogen and oxygen atoms in total. The summed E-state index contributed by atoms with van der Waals surface area (Å²) in [5, 5.41) is 7.82. The van der Waals surface area contributed by atoms with E-state index in [1.165, 1.54) is 5.56 Å². The van der Waals surface area contributed by atoms with Crippen molar-refractivity contribution >= 4 is 17.3 Å². The molecule has 0 aliphatic carbocycles. The minimum absolute atomic E-state index is 0.644. The number of aryl methyl sites for hydroxylation is 1. The fourth-order valence-electron chi connectivity index (χ4n) is 2.00. The van der Waals surface area contributed by atoms with Crippen molar-refractivity contribution in [2.45, 2.75) is 20.4 Å². The third-order valence-corrected chi connectivity index (χ3v) is 3.56. The minimum atomic E-state index is 0.644. The largest absolute Gasteiger partial charge is 0.366 e. The molecule has 1 aromatic carbocycles. The van der Waals surface area contributed by atoms with E-state index in [0.717, 1.165) is 23.6 Å². The third-order valence-electron chi connectivity index (χ3n) is 3.10. The Kier molecular flexibility index (Phi) is 4.74. The van der Waals surface area contributed by atoms with Crippen LogP contribution in [0.1, 0.15) is 18.2 Å². The summed E-state index contributed by atoms with van der Waals surface area (Å²) >= 11 is 5.25. The third kappa shape index (κ3) is 3.36. The molecule has 0 amide bonds. The zero-order chi connectivity index (χ0) is 14.5. The molecule has 0 radical (unpaired) electrons. The minimum Gasteiger partial charge on any atom is -0.366 e. The van der Waals surface area contributed by atoms with Crippen LogP contribution in [0.3, 0.4) is 0 Å². The lowest BCUT2D eigenvalue weighted by Crippen LogP contribution is -2.37. The quantitative estimate of drug-likeness (QED) is 0.876. The van der Waals surface area contributed by atoms with E-state index in [9.17, 15) is 0 Å². The predicted molar refractivity (Wildman–Crippen MR) is 84.4 cm³/mol. The predicted octanol–water partition coefficient (Wildman–Crippen LogP) is 2.98. The van der Waals surface area contributed by atoms with Crippen molar-refractivity contribution in [3.63, 3.8) is 0 Å². The van der Waals surface area contributed by atoms with E-state index in [2.05, 4.69) is 36.5 Å². The molecule has 0 saturated carbocycles. The monoisotopic (exact) mass is 289 g/mol. The van der Waals surface area contributed by atoms with Crippen molar-refractivity contribution in [2.75, 3.05) is 13.6 Å². The maximum absolute atomic E-state index is 5.42. The van der Waals surface area contributed by atoms with Crippen LogP contribution in [-0.2, 0) is 6.54 Å². The molecule has 0 fully saturated rings. The van der Waals surface area contributed by atoms with Crippen LogP contribution in [0.25, 0.3) is 11.3 Å². The molecule has 2 aromatic rings. The molecule has 1 aromatic heterocycles. The zero-order valence-corrected chi connectivity index (χ0v) is 12.8. The Morgan fingerprint density at radius 2 is 2.20 bits per heavy atom. The van der Waals surface area contributed by atoms with Gasteiger partial charge in [0, 0.05) is 25.2 Å². The second kappa shape index (κ2) is 6.52. The van der Waals surface area contributed by atoms with E-state index in [4.69, 9.17) is 16.7 Å². The number of benzene rings is 1. The summed E-state index contributed by atoms with van der Waals surface area (Å²) < 4.78 is 5.42. The summed E-state index contributed by atoms with van der Waals surface area (Å²) in [5.41, 5.74) is 3.12. The molecule has 0 aliphatic heterocycles. The Labute approximate surface area is 124 Å². The number of aromatic nitrogens is 1. The summed E-state index contributed by atoms with van der Waals surface area (Å²) in [4.78, 5) is 2.03. The van der Waals surface area contributed by atoms with Gasteiger partial charge in [0.1, 0.15) is 5.69 Å². The van der Waals surface area contributed by atoms with Crippen LogP contribution in [-0.4, -0.2) is 28.8 Å². The Hall–Kier alpha value is -1.88. The summed E-state index contributed by atoms with van der Waals surface area (Å²) in [6.45, 7) is 5.59. The standard InChI is InChI=1S/C15H19N3OS/c1-4-18(15(20)16-3)10-13-9-14(19-17-13)12-7-5-6-11(2)8-12/h5-9H,4,10H2,1-3H3,(H,16,20). The topological polar surface area (TPSA) is 41.3 Å². The average Bonchev–Trinajstić information content (AvgIpc) is 2.92. The lowest BCUT2D eigenvalue weighted by atomic mass is 10.1. The van der Waals surface area contributed by atoms with Gasteiger partial charge < -0.3 is 14.7 Å². The van der Waals surface area contributed by atoms with Crippen LogP contribution >= 0.6 is 12.2 Å². The van der Waals surface area contributed by atoms with Crippen molar-refractivity contribution in [3.05, 3.63) is 41.6 Å². The maximum Gasteiger partial charge on any atom is 0.169 e. The highest BCUT2D eigenvalue weighted by Gasteiger charge is 2.11. The van der Waals surface area contributed by atoms with Crippen molar-refractivity contribution in [2.24, 2.45) is 0 Å². The summed E-state index contributed by atoms with van der Waals surface area (Å²) in [6.07, 6.45) is 0. The van der Waals surface area contributed by atoms with Crippen LogP contribution in [0.2, 0.25) is 0 Å². The van der Waals surface area contributed by atoms with Gasteiger partial charge in [-0.1, -0.05) is 28.9 Å². The van der Waals surface area contributed by atoms with E-state index < -0.39 is 0 Å². The zero-order valence-electron chi connectivity index (χ0n) is 12.0. The maximum atomic E-state index is 5.42. The van der Waals surface area contributed by atoms with E-state index in [1.54, 1.807) is 0 Å². The van der Waals surface area contributed by atoms with Crippen LogP contribution in [0.5, 0.6) is 0 Å². The summed E-state index contributed by atoms with van der Waals surface area (Å²) in [6, 6.07) is 10.1. The highest BCUT2D eigenvalue weighted by atomic mass is 32.1. The first-order valence-corrected chi connectivity index (χ1v) is 7.04. The van der Waals surface area contributed by atoms with Gasteiger partial charge in [-0.3, -0.25) is 0 Å². The second-order valence-electron chi connectivity index (χ2n) is 4.62. The smallest absolute Gasteiger partial charge is 0.169 e. The number of thiocarbonyl (C=S) groups is 1. The molecule has 0 unspecified atom stereocenters. The fourth-order valence-corrected chi connectivity index (χ4v) is 2.20. The van der Waals surface area contributed by atoms with E-state index in [-0.39, 0.29) is 0 Å². The summed E-state index contributed by atoms with van der Waals surface area (Å²) in [5.74, 6) is 0.787. The highest BCUT2D eigenvalue weighted by Crippen LogP contribution is 2.21. The molecular weight excluding hydrogens is 270 g/mol. The van der Waals surface area contributed by atoms with Gasteiger partial charge in [0.2, 0.25) is 0 Å². The molecule has 0 aliphatic rings. The molecular formula is C15H19N3OS. The van der Waals surface area contributed by atoms with Crippen molar-refractivity contribution in [3.8, 4) is 11.3 Å². The first-order valence-electron chi connectivity index (χ1n) is 6.63. The van der Waals surface area contributed by atoms with Gasteiger partial charge >= 0.3 is 0 Å². The Bertz CT molecular complexity index is 594. The normalized spacial score (nSPS) is 10.3. The lowest BCUT2D eigenvalue weighted by Gasteiger charge is -2.21. The van der Waals surface area contributed by atoms with Gasteiger partial charge in [-0.15, -0.1) is 0 Å². The van der Waals surface area contributed by atoms with Crippen LogP contribution in [0.15, 0.2) is 34.9 Å². The Morgan fingerprint density at radius 3 is 2.85 bits per heavy atom. The van der Waals surface area contributed by atoms with Crippen LogP contribution in [0, 0.1) is 6.92 Å². The van der Waals surface area contributed by atoms with E-state index in [0.29, 0.717) is 11.7 Å². The molecule has 1 N–H and O–H groups in total. The number of nitrogens with zero attached hydrogens (tertiary/aromatic N) is 2. The molecule has 0 bridgehead atoms. The highest BCUT2D eigenvalue weighted by molar-refractivity contribution is 7.80. The molecule has 5 heteroatoms. The molecule has 0 spiro atoms. The molecule has 20 heavy (non-hydrogen) atoms. The van der Waals surface area contributed by atoms with Gasteiger partial charge in [0.05, 0.1) is 6.54 Å². The van der Waals surface area contributed by atoms with Gasteiger partial charge in [-0.25, -0.2) is 0 Å². The van der Waals surface area contributed by atoms with Gasteiger partial charge in [0.15, 0.2) is 10.9 Å². The number of nitrogens with one attached hydrogen (secondary N) is 1. The van der Waals surface area contributed by atoms with Gasteiger partial charge in [-0.2, -0.15) is 0 Å². The lowest BCUT2D eigenvalue weighted by molar-refractivity contribution is 0.383. The molecule has 0 saturated heterocycles. The second-order valence-corrected chi connectivity index (χ2v) is 5.01. The van der Waals surface area contributed by atoms with Crippen molar-refractivity contribution in [1.82, 2.24) is 15.4 Å². The van der Waals surface area contributed by atoms with Gasteiger partial charge in [-0.05, 0) is 32.1 Å². The van der Waals surface area contributed by atoms with E-state index in [1.807, 2.05) is 30.1 Å². The molecule has 0 atom stereocenters. The van der Waals surface area contributed by atoms with Crippen molar-refractivity contribution in [1.29, 1.82) is 0 Å². The van der Waals surface area contributed by atoms with Crippen LogP contribution in [0.4, 0.5) is 0 Å². The first-order chi connectivity index (χ1) is 9.63. The van der Waals surface area contributed by atoms with Crippen LogP contribution < -0.4 is 5.32 Å². The first kappa shape index (κ1) is 14.5. The number of hydrogen-bond acceptors (Lipinski definition) is 3. The van der Waals surface area contributed by atoms with Crippen molar-refractivity contribution < 1.29 is 4.52 Å². The number of rotatable bonds is 4. The van der Waals surface area contributed by atoms with Gasteiger partial charge in [0.25, 0.3) is 0 Å². The van der Waals surface area contributed by atoms with E-state index >= 15 is 0 Å².